The van der Waals surface area contributed by atoms with Crippen molar-refractivity contribution >= 4 is 29.2 Å². The van der Waals surface area contributed by atoms with Gasteiger partial charge in [0, 0.05) is 6.92 Å². The molecule has 1 aromatic rings. The molecule has 0 aliphatic heterocycles. The van der Waals surface area contributed by atoms with Crippen LogP contribution in [0.3, 0.4) is 0 Å². The van der Waals surface area contributed by atoms with E-state index in [2.05, 4.69) is 0 Å². The third-order valence-corrected chi connectivity index (χ3v) is 3.03. The highest BCUT2D eigenvalue weighted by molar-refractivity contribution is 6.37. The molecule has 0 atom stereocenters. The van der Waals surface area contributed by atoms with Gasteiger partial charge in [-0.1, -0.05) is 29.3 Å². The molecule has 1 aliphatic rings. The molecule has 4 heteroatoms. The molecule has 0 aromatic heterocycles. The summed E-state index contributed by atoms with van der Waals surface area (Å²) in [6.45, 7) is 1.33. The maximum Gasteiger partial charge on any atom is 0.308 e. The Morgan fingerprint density at radius 1 is 1.40 bits per heavy atom. The lowest BCUT2D eigenvalue weighted by atomic mass is 10.1. The zero-order valence-electron chi connectivity index (χ0n) is 8.22. The Balaban J connectivity index is 2.41. The monoisotopic (exact) mass is 244 g/mol. The summed E-state index contributed by atoms with van der Waals surface area (Å²) in [6.07, 6.45) is 2.28. The molecular weight excluding hydrogens is 235 g/mol. The topological polar surface area (TPSA) is 26.3 Å². The lowest BCUT2D eigenvalue weighted by molar-refractivity contribution is -0.131. The molecule has 0 spiro atoms. The molecule has 1 aliphatic carbocycles. The van der Waals surface area contributed by atoms with Crippen LogP contribution in [0.2, 0.25) is 10.0 Å². The van der Waals surface area contributed by atoms with Crippen LogP contribution in [-0.2, 0) is 4.79 Å². The number of hydrogen-bond donors (Lipinski definition) is 0. The third-order valence-electron chi connectivity index (χ3n) is 2.34. The van der Waals surface area contributed by atoms with Crippen molar-refractivity contribution in [2.45, 2.75) is 25.7 Å². The van der Waals surface area contributed by atoms with Crippen LogP contribution in [-0.4, -0.2) is 5.97 Å². The van der Waals surface area contributed by atoms with Crippen LogP contribution in [0.5, 0.6) is 5.75 Å². The van der Waals surface area contributed by atoms with E-state index in [1.165, 1.54) is 6.92 Å². The number of carbonyl (C=O) groups excluding carboxylic acids is 1. The Hall–Kier alpha value is -0.730. The second kappa shape index (κ2) is 4.03. The van der Waals surface area contributed by atoms with E-state index in [1.54, 1.807) is 6.07 Å². The van der Waals surface area contributed by atoms with Crippen LogP contribution in [0.25, 0.3) is 0 Å². The predicted molar refractivity (Wildman–Crippen MR) is 59.7 cm³/mol. The number of carbonyl (C=O) groups is 1. The Labute approximate surface area is 98.1 Å². The largest absolute Gasteiger partial charge is 0.424 e. The van der Waals surface area contributed by atoms with E-state index >= 15 is 0 Å². The lowest BCUT2D eigenvalue weighted by Crippen LogP contribution is -2.03. The van der Waals surface area contributed by atoms with Crippen LogP contribution < -0.4 is 4.74 Å². The fourth-order valence-corrected chi connectivity index (χ4v) is 2.10. The smallest absolute Gasteiger partial charge is 0.308 e. The van der Waals surface area contributed by atoms with Crippen molar-refractivity contribution in [2.75, 3.05) is 0 Å². The van der Waals surface area contributed by atoms with Gasteiger partial charge < -0.3 is 4.74 Å². The van der Waals surface area contributed by atoms with Crippen molar-refractivity contribution in [3.63, 3.8) is 0 Å². The molecule has 0 heterocycles. The number of rotatable bonds is 2. The Bertz CT molecular complexity index is 411. The molecule has 15 heavy (non-hydrogen) atoms. The van der Waals surface area contributed by atoms with Gasteiger partial charge in [0.25, 0.3) is 0 Å². The lowest BCUT2D eigenvalue weighted by Gasteiger charge is -2.09. The first-order valence-corrected chi connectivity index (χ1v) is 5.51. The van der Waals surface area contributed by atoms with Crippen molar-refractivity contribution in [1.29, 1.82) is 0 Å². The van der Waals surface area contributed by atoms with Crippen LogP contribution in [0.4, 0.5) is 0 Å². The number of esters is 1. The SMILES string of the molecule is CC(=O)Oc1c(Cl)ccc(C2CC2)c1Cl. The molecule has 80 valence electrons. The molecule has 0 amide bonds. The summed E-state index contributed by atoms with van der Waals surface area (Å²) in [5, 5.41) is 0.847. The number of ether oxygens (including phenoxy) is 1. The first-order valence-electron chi connectivity index (χ1n) is 4.76. The molecule has 0 radical (unpaired) electrons. The zero-order chi connectivity index (χ0) is 11.0. The third kappa shape index (κ3) is 2.27. The van der Waals surface area contributed by atoms with Gasteiger partial charge in [0.05, 0.1) is 10.0 Å². The minimum atomic E-state index is -0.410. The predicted octanol–water partition coefficient (Wildman–Crippen LogP) is 3.80. The van der Waals surface area contributed by atoms with E-state index in [1.807, 2.05) is 6.07 Å². The molecule has 0 saturated heterocycles. The van der Waals surface area contributed by atoms with Crippen molar-refractivity contribution < 1.29 is 9.53 Å². The molecule has 0 unspecified atom stereocenters. The van der Waals surface area contributed by atoms with E-state index in [-0.39, 0.29) is 5.75 Å². The Kier molecular flexibility index (Phi) is 2.89. The molecule has 2 nitrogen and oxygen atoms in total. The highest BCUT2D eigenvalue weighted by atomic mass is 35.5. The van der Waals surface area contributed by atoms with E-state index < -0.39 is 5.97 Å². The maximum atomic E-state index is 10.9. The van der Waals surface area contributed by atoms with Gasteiger partial charge in [0.15, 0.2) is 5.75 Å². The molecule has 1 saturated carbocycles. The van der Waals surface area contributed by atoms with Gasteiger partial charge in [0.1, 0.15) is 0 Å². The van der Waals surface area contributed by atoms with Gasteiger partial charge in [-0.3, -0.25) is 4.79 Å². The van der Waals surface area contributed by atoms with Crippen LogP contribution in [0, 0.1) is 0 Å². The molecular formula is C11H10Cl2O2. The Morgan fingerprint density at radius 3 is 2.60 bits per heavy atom. The highest BCUT2D eigenvalue weighted by Gasteiger charge is 2.28. The van der Waals surface area contributed by atoms with E-state index in [9.17, 15) is 4.79 Å². The Morgan fingerprint density at radius 2 is 2.07 bits per heavy atom. The fraction of sp³-hybridized carbons (Fsp3) is 0.364. The van der Waals surface area contributed by atoms with Crippen LogP contribution in [0.15, 0.2) is 12.1 Å². The van der Waals surface area contributed by atoms with E-state index in [0.29, 0.717) is 16.0 Å². The average molecular weight is 245 g/mol. The fourth-order valence-electron chi connectivity index (χ4n) is 1.49. The minimum Gasteiger partial charge on any atom is -0.424 e. The second-order valence-corrected chi connectivity index (χ2v) is 4.43. The van der Waals surface area contributed by atoms with Crippen LogP contribution >= 0.6 is 23.2 Å². The second-order valence-electron chi connectivity index (χ2n) is 3.65. The van der Waals surface area contributed by atoms with Gasteiger partial charge in [-0.2, -0.15) is 0 Å². The van der Waals surface area contributed by atoms with Crippen LogP contribution in [0.1, 0.15) is 31.2 Å². The van der Waals surface area contributed by atoms with Gasteiger partial charge >= 0.3 is 5.97 Å². The molecule has 2 rings (SSSR count). The van der Waals surface area contributed by atoms with Crippen molar-refractivity contribution in [2.24, 2.45) is 0 Å². The molecule has 1 fully saturated rings. The van der Waals surface area contributed by atoms with Gasteiger partial charge in [-0.15, -0.1) is 0 Å². The van der Waals surface area contributed by atoms with E-state index in [4.69, 9.17) is 27.9 Å². The summed E-state index contributed by atoms with van der Waals surface area (Å²) in [5.74, 6) is 0.381. The van der Waals surface area contributed by atoms with Crippen molar-refractivity contribution in [3.05, 3.63) is 27.7 Å². The number of hydrogen-bond acceptors (Lipinski definition) is 2. The van der Waals surface area contributed by atoms with E-state index in [0.717, 1.165) is 18.4 Å². The highest BCUT2D eigenvalue weighted by Crippen LogP contribution is 2.47. The summed E-state index contributed by atoms with van der Waals surface area (Å²) in [6, 6.07) is 3.62. The summed E-state index contributed by atoms with van der Waals surface area (Å²) >= 11 is 12.0. The minimum absolute atomic E-state index is 0.287. The van der Waals surface area contributed by atoms with Crippen molar-refractivity contribution in [1.82, 2.24) is 0 Å². The zero-order valence-corrected chi connectivity index (χ0v) is 9.73. The van der Waals surface area contributed by atoms with Gasteiger partial charge in [0.2, 0.25) is 0 Å². The summed E-state index contributed by atoms with van der Waals surface area (Å²) in [4.78, 5) is 10.9. The number of halogens is 2. The first kappa shape index (κ1) is 10.8. The molecule has 1 aromatic carbocycles. The first-order chi connectivity index (χ1) is 7.09. The summed E-state index contributed by atoms with van der Waals surface area (Å²) in [7, 11) is 0. The standard InChI is InChI=1S/C11H10Cl2O2/c1-6(14)15-11-9(12)5-4-8(10(11)13)7-2-3-7/h4-5,7H,2-3H2,1H3. The quantitative estimate of drug-likeness (QED) is 0.585. The number of benzene rings is 1. The van der Waals surface area contributed by atoms with Gasteiger partial charge in [-0.05, 0) is 30.4 Å². The van der Waals surface area contributed by atoms with Gasteiger partial charge in [-0.25, -0.2) is 0 Å². The molecule has 0 N–H and O–H groups in total. The summed E-state index contributed by atoms with van der Waals surface area (Å²) in [5.41, 5.74) is 1.03. The average Bonchev–Trinajstić information content (AvgIpc) is 2.95. The molecule has 0 bridgehead atoms. The normalized spacial score (nSPS) is 15.1. The van der Waals surface area contributed by atoms with Crippen molar-refractivity contribution in [3.8, 4) is 5.75 Å². The maximum absolute atomic E-state index is 10.9. The summed E-state index contributed by atoms with van der Waals surface area (Å²) < 4.78 is 4.99.